The highest BCUT2D eigenvalue weighted by molar-refractivity contribution is 7.99. The third-order valence-corrected chi connectivity index (χ3v) is 3.98. The monoisotopic (exact) mass is 329 g/mol. The lowest BCUT2D eigenvalue weighted by molar-refractivity contribution is -0.113. The molecule has 1 N–H and O–H groups in total. The molecule has 2 heterocycles. The molecule has 23 heavy (non-hydrogen) atoms. The minimum atomic E-state index is -0.127. The zero-order valence-corrected chi connectivity index (χ0v) is 13.5. The third kappa shape index (κ3) is 3.81. The number of aromatic nitrogens is 2. The summed E-state index contributed by atoms with van der Waals surface area (Å²) in [5.74, 6) is 1.16. The van der Waals surface area contributed by atoms with Gasteiger partial charge in [0.15, 0.2) is 0 Å². The van der Waals surface area contributed by atoms with E-state index in [0.29, 0.717) is 16.9 Å². The Bertz CT molecular complexity index is 808. The highest BCUT2D eigenvalue weighted by Crippen LogP contribution is 2.26. The number of rotatable bonds is 5. The number of carbonyl (C=O) groups is 1. The Morgan fingerprint density at radius 3 is 2.65 bits per heavy atom. The van der Waals surface area contributed by atoms with Gasteiger partial charge in [0.2, 0.25) is 5.91 Å². The molecule has 118 valence electrons. The van der Waals surface area contributed by atoms with Gasteiger partial charge in [0, 0.05) is 5.69 Å². The second-order valence-electron chi connectivity index (χ2n) is 4.97. The van der Waals surface area contributed by atoms with E-state index in [1.165, 1.54) is 11.8 Å². The van der Waals surface area contributed by atoms with Gasteiger partial charge in [-0.2, -0.15) is 0 Å². The highest BCUT2D eigenvalue weighted by atomic mass is 32.2. The number of aryl methyl sites for hydroxylation is 2. The van der Waals surface area contributed by atoms with Crippen LogP contribution in [0.5, 0.6) is 0 Å². The van der Waals surface area contributed by atoms with Gasteiger partial charge >= 0.3 is 0 Å². The maximum absolute atomic E-state index is 11.9. The first kappa shape index (κ1) is 15.4. The predicted octanol–water partition coefficient (Wildman–Crippen LogP) is 3.68. The van der Waals surface area contributed by atoms with Crippen molar-refractivity contribution in [3.05, 3.63) is 47.9 Å². The molecule has 0 saturated carbocycles. The minimum absolute atomic E-state index is 0.127. The summed E-state index contributed by atoms with van der Waals surface area (Å²) in [6.45, 7) is 3.82. The van der Waals surface area contributed by atoms with Gasteiger partial charge in [0.05, 0.1) is 17.6 Å². The van der Waals surface area contributed by atoms with Crippen LogP contribution in [0.4, 0.5) is 5.69 Å². The van der Waals surface area contributed by atoms with Gasteiger partial charge in [0.1, 0.15) is 5.76 Å². The Morgan fingerprint density at radius 2 is 1.96 bits per heavy atom. The Kier molecular flexibility index (Phi) is 4.47. The number of amides is 1. The van der Waals surface area contributed by atoms with E-state index in [9.17, 15) is 4.79 Å². The van der Waals surface area contributed by atoms with Gasteiger partial charge in [-0.05, 0) is 32.0 Å². The first-order valence-corrected chi connectivity index (χ1v) is 7.97. The average molecular weight is 329 g/mol. The summed E-state index contributed by atoms with van der Waals surface area (Å²) in [5.41, 5.74) is 2.67. The van der Waals surface area contributed by atoms with Crippen LogP contribution in [-0.2, 0) is 4.79 Å². The van der Waals surface area contributed by atoms with Crippen molar-refractivity contribution in [3.63, 3.8) is 0 Å². The van der Waals surface area contributed by atoms with E-state index in [0.717, 1.165) is 16.8 Å². The number of carbonyl (C=O) groups excluding carboxylic acids is 1. The van der Waals surface area contributed by atoms with Gasteiger partial charge in [-0.3, -0.25) is 4.79 Å². The molecule has 0 unspecified atom stereocenters. The summed E-state index contributed by atoms with van der Waals surface area (Å²) in [5, 5.41) is 11.1. The Hall–Kier alpha value is -2.54. The van der Waals surface area contributed by atoms with E-state index in [2.05, 4.69) is 15.5 Å². The van der Waals surface area contributed by atoms with Crippen LogP contribution >= 0.6 is 11.8 Å². The predicted molar refractivity (Wildman–Crippen MR) is 87.3 cm³/mol. The molecule has 2 aromatic heterocycles. The minimum Gasteiger partial charge on any atom is -0.469 e. The standard InChI is InChI=1S/C16H15N3O3S/c1-10-3-5-12(6-4-10)17-14(20)9-23-16-19-18-15(22-16)13-7-8-21-11(13)2/h3-8H,9H2,1-2H3,(H,17,20). The molecular weight excluding hydrogens is 314 g/mol. The van der Waals surface area contributed by atoms with Crippen molar-refractivity contribution in [1.29, 1.82) is 0 Å². The smallest absolute Gasteiger partial charge is 0.277 e. The van der Waals surface area contributed by atoms with Gasteiger partial charge in [-0.25, -0.2) is 0 Å². The maximum atomic E-state index is 11.9. The lowest BCUT2D eigenvalue weighted by Crippen LogP contribution is -2.13. The van der Waals surface area contributed by atoms with Crippen molar-refractivity contribution in [2.75, 3.05) is 11.1 Å². The van der Waals surface area contributed by atoms with Crippen LogP contribution in [0.3, 0.4) is 0 Å². The van der Waals surface area contributed by atoms with Crippen LogP contribution in [0.2, 0.25) is 0 Å². The lowest BCUT2D eigenvalue weighted by atomic mass is 10.2. The third-order valence-electron chi connectivity index (χ3n) is 3.16. The van der Waals surface area contributed by atoms with Crippen molar-refractivity contribution in [3.8, 4) is 11.5 Å². The SMILES string of the molecule is Cc1ccc(NC(=O)CSc2nnc(-c3ccoc3C)o2)cc1. The molecule has 3 aromatic rings. The number of hydrogen-bond acceptors (Lipinski definition) is 6. The molecule has 0 fully saturated rings. The van der Waals surface area contributed by atoms with E-state index >= 15 is 0 Å². The molecule has 0 spiro atoms. The van der Waals surface area contributed by atoms with Gasteiger partial charge < -0.3 is 14.2 Å². The molecule has 0 aliphatic carbocycles. The number of hydrogen-bond donors (Lipinski definition) is 1. The fourth-order valence-corrected chi connectivity index (χ4v) is 2.51. The number of nitrogens with zero attached hydrogens (tertiary/aromatic N) is 2. The topological polar surface area (TPSA) is 81.2 Å². The van der Waals surface area contributed by atoms with Crippen molar-refractivity contribution >= 4 is 23.4 Å². The Labute approximate surface area is 137 Å². The number of thioether (sulfide) groups is 1. The van der Waals surface area contributed by atoms with E-state index in [1.54, 1.807) is 12.3 Å². The summed E-state index contributed by atoms with van der Waals surface area (Å²) in [7, 11) is 0. The zero-order valence-electron chi connectivity index (χ0n) is 12.7. The van der Waals surface area contributed by atoms with E-state index in [4.69, 9.17) is 8.83 Å². The van der Waals surface area contributed by atoms with E-state index in [-0.39, 0.29) is 11.7 Å². The molecule has 6 nitrogen and oxygen atoms in total. The first-order valence-electron chi connectivity index (χ1n) is 6.99. The molecule has 0 aliphatic rings. The maximum Gasteiger partial charge on any atom is 0.277 e. The summed E-state index contributed by atoms with van der Waals surface area (Å²) in [4.78, 5) is 11.9. The summed E-state index contributed by atoms with van der Waals surface area (Å²) >= 11 is 1.19. The fraction of sp³-hybridized carbons (Fsp3) is 0.188. The zero-order chi connectivity index (χ0) is 16.2. The van der Waals surface area contributed by atoms with Crippen molar-refractivity contribution in [2.24, 2.45) is 0 Å². The summed E-state index contributed by atoms with van der Waals surface area (Å²) < 4.78 is 10.7. The summed E-state index contributed by atoms with van der Waals surface area (Å²) in [6, 6.07) is 9.39. The number of benzene rings is 1. The molecular formula is C16H15N3O3S. The van der Waals surface area contributed by atoms with Crippen LogP contribution in [0, 0.1) is 13.8 Å². The van der Waals surface area contributed by atoms with Crippen LogP contribution in [0.25, 0.3) is 11.5 Å². The Balaban J connectivity index is 1.56. The van der Waals surface area contributed by atoms with Crippen LogP contribution in [0.15, 0.2) is 50.7 Å². The molecule has 0 atom stereocenters. The van der Waals surface area contributed by atoms with Crippen molar-refractivity contribution in [1.82, 2.24) is 10.2 Å². The molecule has 0 aliphatic heterocycles. The van der Waals surface area contributed by atoms with Crippen LogP contribution in [-0.4, -0.2) is 21.9 Å². The Morgan fingerprint density at radius 1 is 1.17 bits per heavy atom. The largest absolute Gasteiger partial charge is 0.469 e. The van der Waals surface area contributed by atoms with Crippen molar-refractivity contribution in [2.45, 2.75) is 19.1 Å². The molecule has 1 amide bonds. The van der Waals surface area contributed by atoms with Gasteiger partial charge in [-0.15, -0.1) is 10.2 Å². The highest BCUT2D eigenvalue weighted by Gasteiger charge is 2.14. The van der Waals surface area contributed by atoms with Crippen molar-refractivity contribution < 1.29 is 13.6 Å². The quantitative estimate of drug-likeness (QED) is 0.719. The normalized spacial score (nSPS) is 10.7. The number of furan rings is 1. The van der Waals surface area contributed by atoms with E-state index < -0.39 is 0 Å². The average Bonchev–Trinajstić information content (AvgIpc) is 3.16. The second kappa shape index (κ2) is 6.70. The fourth-order valence-electron chi connectivity index (χ4n) is 1.95. The molecule has 0 bridgehead atoms. The van der Waals surface area contributed by atoms with Gasteiger partial charge in [-0.1, -0.05) is 29.5 Å². The summed E-state index contributed by atoms with van der Waals surface area (Å²) in [6.07, 6.45) is 1.57. The van der Waals surface area contributed by atoms with Crippen LogP contribution in [0.1, 0.15) is 11.3 Å². The second-order valence-corrected chi connectivity index (χ2v) is 5.89. The molecule has 7 heteroatoms. The van der Waals surface area contributed by atoms with Crippen LogP contribution < -0.4 is 5.32 Å². The number of anilines is 1. The molecule has 1 aromatic carbocycles. The number of nitrogens with one attached hydrogen (secondary N) is 1. The molecule has 0 radical (unpaired) electrons. The van der Waals surface area contributed by atoms with Gasteiger partial charge in [0.25, 0.3) is 11.1 Å². The lowest BCUT2D eigenvalue weighted by Gasteiger charge is -2.03. The molecule has 3 rings (SSSR count). The van der Waals surface area contributed by atoms with E-state index in [1.807, 2.05) is 38.1 Å². The molecule has 0 saturated heterocycles. The first-order chi connectivity index (χ1) is 11.1.